The predicted molar refractivity (Wildman–Crippen MR) is 187 cm³/mol. The maximum atomic E-state index is 14.4. The third kappa shape index (κ3) is 7.69. The van der Waals surface area contributed by atoms with Gasteiger partial charge in [-0.2, -0.15) is 18.3 Å². The number of nitrogens with one attached hydrogen (secondary N) is 2. The van der Waals surface area contributed by atoms with Crippen LogP contribution in [-0.4, -0.2) is 55.7 Å². The molecule has 0 bridgehead atoms. The number of carbonyl (C=O) groups is 2. The Morgan fingerprint density at radius 3 is 2.28 bits per heavy atom. The molecule has 1 aliphatic rings. The maximum absolute atomic E-state index is 14.4. The second-order valence-corrected chi connectivity index (χ2v) is 18.7. The van der Waals surface area contributed by atoms with Crippen molar-refractivity contribution < 1.29 is 31.6 Å². The van der Waals surface area contributed by atoms with Crippen molar-refractivity contribution in [3.05, 3.63) is 113 Å². The van der Waals surface area contributed by atoms with Gasteiger partial charge in [0, 0.05) is 43.3 Å². The van der Waals surface area contributed by atoms with E-state index in [2.05, 4.69) is 44.5 Å². The molecule has 0 aliphatic carbocycles. The summed E-state index contributed by atoms with van der Waals surface area (Å²) in [7, 11) is -1.98. The van der Waals surface area contributed by atoms with Crippen LogP contribution in [0.4, 0.5) is 23.4 Å². The fourth-order valence-electron chi connectivity index (χ4n) is 5.85. The van der Waals surface area contributed by atoms with Gasteiger partial charge >= 0.3 is 6.18 Å². The molecule has 0 unspecified atom stereocenters. The molecular formula is C37H43F4N5O3Si. The standard InChI is InChI=1S/C37H43F4N5O3Si/c1-7-45-34-31(29(44-46(34)28-14-9-8-10-15-28)23-42-20-21-49-50(5,6)36(2,3)4)30(24-16-18-27(38)19-17-24)32(35(45)48)43-33(47)25-12-11-13-26(22-25)37(39,40)41/h8-19,22,30,32,42H,7,20-21,23H2,1-6H3,(H,43,47)/t30-,32-/m0/s1. The number of anilines is 1. The van der Waals surface area contributed by atoms with Crippen LogP contribution < -0.4 is 15.5 Å². The molecule has 2 heterocycles. The number of halogens is 4. The minimum Gasteiger partial charge on any atom is -0.416 e. The second-order valence-electron chi connectivity index (χ2n) is 13.9. The Balaban J connectivity index is 1.59. The summed E-state index contributed by atoms with van der Waals surface area (Å²) in [5.41, 5.74) is 1.22. The number of hydrogen-bond donors (Lipinski definition) is 2. The molecule has 0 saturated carbocycles. The molecule has 4 aromatic rings. The Morgan fingerprint density at radius 1 is 0.980 bits per heavy atom. The topological polar surface area (TPSA) is 88.5 Å². The van der Waals surface area contributed by atoms with E-state index in [4.69, 9.17) is 9.52 Å². The number of para-hydroxylation sites is 1. The van der Waals surface area contributed by atoms with E-state index >= 15 is 0 Å². The van der Waals surface area contributed by atoms with Crippen LogP contribution >= 0.6 is 0 Å². The normalized spacial score (nSPS) is 16.8. The first kappa shape index (κ1) is 36.9. The van der Waals surface area contributed by atoms with Crippen LogP contribution in [0, 0.1) is 5.82 Å². The number of aromatic nitrogens is 2. The highest BCUT2D eigenvalue weighted by Gasteiger charge is 2.46. The highest BCUT2D eigenvalue weighted by molar-refractivity contribution is 6.74. The summed E-state index contributed by atoms with van der Waals surface area (Å²) in [6.07, 6.45) is -4.66. The number of nitrogens with zero attached hydrogens (tertiary/aromatic N) is 3. The summed E-state index contributed by atoms with van der Waals surface area (Å²) in [4.78, 5) is 29.6. The largest absolute Gasteiger partial charge is 0.416 e. The van der Waals surface area contributed by atoms with Gasteiger partial charge < -0.3 is 15.1 Å². The monoisotopic (exact) mass is 709 g/mol. The van der Waals surface area contributed by atoms with Gasteiger partial charge in [-0.05, 0) is 73.1 Å². The zero-order chi connectivity index (χ0) is 36.4. The van der Waals surface area contributed by atoms with E-state index in [9.17, 15) is 27.2 Å². The van der Waals surface area contributed by atoms with Gasteiger partial charge in [0.1, 0.15) is 17.7 Å². The molecule has 50 heavy (non-hydrogen) atoms. The lowest BCUT2D eigenvalue weighted by molar-refractivity contribution is -0.137. The van der Waals surface area contributed by atoms with Crippen LogP contribution in [0.5, 0.6) is 0 Å². The lowest BCUT2D eigenvalue weighted by Gasteiger charge is -2.38. The molecule has 0 spiro atoms. The van der Waals surface area contributed by atoms with Gasteiger partial charge in [0.15, 0.2) is 8.32 Å². The van der Waals surface area contributed by atoms with Crippen molar-refractivity contribution in [1.82, 2.24) is 20.4 Å². The van der Waals surface area contributed by atoms with Gasteiger partial charge in [0.05, 0.1) is 16.9 Å². The average molecular weight is 710 g/mol. The first-order valence-corrected chi connectivity index (χ1v) is 19.5. The molecule has 1 aromatic heterocycles. The maximum Gasteiger partial charge on any atom is 0.416 e. The minimum absolute atomic E-state index is 0.0482. The number of likely N-dealkylation sites (N-methyl/N-ethyl adjacent to an activating group) is 1. The first-order valence-electron chi connectivity index (χ1n) is 16.6. The molecule has 5 rings (SSSR count). The second kappa shape index (κ2) is 14.5. The van der Waals surface area contributed by atoms with E-state index in [-0.39, 0.29) is 23.7 Å². The lowest BCUT2D eigenvalue weighted by atomic mass is 9.80. The van der Waals surface area contributed by atoms with E-state index in [1.54, 1.807) is 23.7 Å². The molecule has 266 valence electrons. The van der Waals surface area contributed by atoms with Crippen molar-refractivity contribution >= 4 is 25.9 Å². The van der Waals surface area contributed by atoms with Gasteiger partial charge in [-0.3, -0.25) is 14.5 Å². The summed E-state index contributed by atoms with van der Waals surface area (Å²) >= 11 is 0. The average Bonchev–Trinajstić information content (AvgIpc) is 3.43. The van der Waals surface area contributed by atoms with E-state index in [1.807, 2.05) is 30.3 Å². The molecule has 1 aliphatic heterocycles. The van der Waals surface area contributed by atoms with Crippen molar-refractivity contribution in [2.75, 3.05) is 24.6 Å². The molecule has 0 saturated heterocycles. The molecule has 2 amide bonds. The molecule has 0 fully saturated rings. The third-order valence-electron chi connectivity index (χ3n) is 9.53. The SMILES string of the molecule is CCN1C(=O)[C@@H](NC(=O)c2cccc(C(F)(F)F)c2)[C@@H](c2ccc(F)cc2)c2c(CNCCO[Si](C)(C)C(C)(C)C)nn(-c3ccccc3)c21. The Bertz CT molecular complexity index is 1820. The summed E-state index contributed by atoms with van der Waals surface area (Å²) < 4.78 is 62.9. The molecule has 3 aromatic carbocycles. The van der Waals surface area contributed by atoms with Crippen molar-refractivity contribution in [3.63, 3.8) is 0 Å². The van der Waals surface area contributed by atoms with Crippen molar-refractivity contribution in [2.45, 2.75) is 70.5 Å². The quantitative estimate of drug-likeness (QED) is 0.0961. The number of hydrogen-bond acceptors (Lipinski definition) is 5. The summed E-state index contributed by atoms with van der Waals surface area (Å²) in [6.45, 7) is 14.2. The Hall–Kier alpha value is -4.33. The summed E-state index contributed by atoms with van der Waals surface area (Å²) in [5, 5.41) is 11.2. The number of alkyl halides is 3. The van der Waals surface area contributed by atoms with Crippen molar-refractivity contribution in [1.29, 1.82) is 0 Å². The Kier molecular flexibility index (Phi) is 10.7. The van der Waals surface area contributed by atoms with Crippen molar-refractivity contribution in [2.24, 2.45) is 0 Å². The molecule has 2 N–H and O–H groups in total. The third-order valence-corrected chi connectivity index (χ3v) is 14.1. The van der Waals surface area contributed by atoms with Crippen LogP contribution in [0.2, 0.25) is 18.1 Å². The fraction of sp³-hybridized carbons (Fsp3) is 0.378. The highest BCUT2D eigenvalue weighted by Crippen LogP contribution is 2.44. The van der Waals surface area contributed by atoms with Crippen LogP contribution in [0.1, 0.15) is 66.4 Å². The minimum atomic E-state index is -4.66. The van der Waals surface area contributed by atoms with E-state index < -0.39 is 49.6 Å². The van der Waals surface area contributed by atoms with Gasteiger partial charge in [0.2, 0.25) is 0 Å². The first-order chi connectivity index (χ1) is 23.5. The van der Waals surface area contributed by atoms with Gasteiger partial charge in [-0.15, -0.1) is 0 Å². The Labute approximate surface area is 291 Å². The smallest absolute Gasteiger partial charge is 0.416 e. The number of carbonyl (C=O) groups excluding carboxylic acids is 2. The lowest BCUT2D eigenvalue weighted by Crippen LogP contribution is -2.55. The highest BCUT2D eigenvalue weighted by atomic mass is 28.4. The fourth-order valence-corrected chi connectivity index (χ4v) is 6.89. The van der Waals surface area contributed by atoms with Gasteiger partial charge in [0.25, 0.3) is 11.8 Å². The Morgan fingerprint density at radius 2 is 1.66 bits per heavy atom. The summed E-state index contributed by atoms with van der Waals surface area (Å²) in [6, 6.07) is 17.8. The van der Waals surface area contributed by atoms with E-state index in [0.29, 0.717) is 41.5 Å². The van der Waals surface area contributed by atoms with Gasteiger partial charge in [-0.25, -0.2) is 9.07 Å². The summed E-state index contributed by atoms with van der Waals surface area (Å²) in [5.74, 6) is -2.17. The molecule has 2 atom stereocenters. The number of rotatable bonds is 11. The molecular weight excluding hydrogens is 667 g/mol. The zero-order valence-electron chi connectivity index (χ0n) is 29.1. The van der Waals surface area contributed by atoms with E-state index in [1.165, 1.54) is 23.1 Å². The molecule has 0 radical (unpaired) electrons. The van der Waals surface area contributed by atoms with Crippen molar-refractivity contribution in [3.8, 4) is 5.69 Å². The number of amides is 2. The van der Waals surface area contributed by atoms with Crippen LogP contribution in [0.3, 0.4) is 0 Å². The molecule has 13 heteroatoms. The molecule has 8 nitrogen and oxygen atoms in total. The van der Waals surface area contributed by atoms with Crippen LogP contribution in [-0.2, 0) is 21.9 Å². The van der Waals surface area contributed by atoms with Gasteiger partial charge in [-0.1, -0.05) is 57.2 Å². The number of fused-ring (bicyclic) bond motifs is 1. The van der Waals surface area contributed by atoms with Crippen LogP contribution in [0.15, 0.2) is 78.9 Å². The predicted octanol–water partition coefficient (Wildman–Crippen LogP) is 7.44. The van der Waals surface area contributed by atoms with E-state index in [0.717, 1.165) is 18.2 Å². The van der Waals surface area contributed by atoms with Crippen LogP contribution in [0.25, 0.3) is 5.69 Å². The zero-order valence-corrected chi connectivity index (χ0v) is 30.1. The number of benzene rings is 3.